The normalized spacial score (nSPS) is 19.1. The summed E-state index contributed by atoms with van der Waals surface area (Å²) in [6.45, 7) is 3.55. The number of pyridine rings is 1. The van der Waals surface area contributed by atoms with Crippen LogP contribution in [0.25, 0.3) is 16.6 Å². The van der Waals surface area contributed by atoms with Crippen molar-refractivity contribution in [1.29, 1.82) is 0 Å². The average Bonchev–Trinajstić information content (AvgIpc) is 3.14. The van der Waals surface area contributed by atoms with Gasteiger partial charge in [-0.3, -0.25) is 0 Å². The van der Waals surface area contributed by atoms with Crippen LogP contribution < -0.4 is 31.7 Å². The molecule has 1 aliphatic rings. The minimum atomic E-state index is -0.862. The molecule has 1 aromatic carbocycles. The number of anilines is 1. The molecule has 8 nitrogen and oxygen atoms in total. The number of nitrogens with zero attached hydrogens (tertiary/aromatic N) is 5. The number of alkyl halides is 1. The standard InChI is InChI=1S/C22H24IN6O2/c1-22(2,30)13-7-8-16(25-11-13)12-9-14(10-12)23-20-27-19-15-5-4-6-17(31-3)18(15)26-21(24)29(19)28-20/h4-8,11-12,14,30H,9-10H2,1-3H3,(H2,24,26)/q-1. The summed E-state index contributed by atoms with van der Waals surface area (Å²) in [5, 5.41) is 15.6. The number of hydrogen-bond donors (Lipinski definition) is 2. The fourth-order valence-electron chi connectivity index (χ4n) is 3.84. The number of aliphatic hydroxyl groups is 1. The number of halogens is 1. The molecule has 0 saturated heterocycles. The zero-order valence-electron chi connectivity index (χ0n) is 17.6. The fraction of sp³-hybridized carbons (Fsp3) is 0.364. The molecule has 162 valence electrons. The number of para-hydroxylation sites is 1. The molecule has 5 rings (SSSR count). The molecular weight excluding hydrogens is 507 g/mol. The van der Waals surface area contributed by atoms with E-state index in [0.29, 0.717) is 27.1 Å². The quantitative estimate of drug-likeness (QED) is 0.269. The summed E-state index contributed by atoms with van der Waals surface area (Å²) in [5.74, 6) is 1.46. The third-order valence-electron chi connectivity index (χ3n) is 5.73. The third kappa shape index (κ3) is 3.69. The van der Waals surface area contributed by atoms with E-state index < -0.39 is 5.60 Å². The monoisotopic (exact) mass is 531 g/mol. The summed E-state index contributed by atoms with van der Waals surface area (Å²) in [7, 11) is 1.62. The van der Waals surface area contributed by atoms with Crippen LogP contribution in [-0.4, -0.2) is 40.7 Å². The maximum absolute atomic E-state index is 10.1. The molecule has 0 unspecified atom stereocenters. The molecule has 0 aliphatic heterocycles. The van der Waals surface area contributed by atoms with E-state index in [0.717, 1.165) is 39.0 Å². The van der Waals surface area contributed by atoms with Crippen LogP contribution in [0.5, 0.6) is 5.75 Å². The van der Waals surface area contributed by atoms with Gasteiger partial charge in [0, 0.05) is 0 Å². The summed E-state index contributed by atoms with van der Waals surface area (Å²) >= 11 is -0.348. The number of fused-ring (bicyclic) bond motifs is 3. The van der Waals surface area contributed by atoms with Crippen LogP contribution in [0.2, 0.25) is 0 Å². The molecule has 1 aliphatic carbocycles. The van der Waals surface area contributed by atoms with Gasteiger partial charge in [0.2, 0.25) is 0 Å². The Balaban J connectivity index is 1.33. The Bertz CT molecular complexity index is 1260. The predicted octanol–water partition coefficient (Wildman–Crippen LogP) is -0.304. The summed E-state index contributed by atoms with van der Waals surface area (Å²) in [6.07, 6.45) is 3.98. The van der Waals surface area contributed by atoms with E-state index in [4.69, 9.17) is 15.5 Å². The van der Waals surface area contributed by atoms with E-state index in [-0.39, 0.29) is 21.2 Å². The Hall–Kier alpha value is -2.53. The van der Waals surface area contributed by atoms with E-state index in [2.05, 4.69) is 15.1 Å². The van der Waals surface area contributed by atoms with Gasteiger partial charge in [0.05, 0.1) is 0 Å². The zero-order valence-corrected chi connectivity index (χ0v) is 19.7. The second-order valence-electron chi connectivity index (χ2n) is 8.35. The van der Waals surface area contributed by atoms with Crippen molar-refractivity contribution in [3.63, 3.8) is 0 Å². The van der Waals surface area contributed by atoms with Crippen LogP contribution in [-0.2, 0) is 5.60 Å². The van der Waals surface area contributed by atoms with Crippen molar-refractivity contribution in [3.8, 4) is 5.75 Å². The van der Waals surface area contributed by atoms with E-state index in [9.17, 15) is 5.11 Å². The number of aromatic nitrogens is 5. The van der Waals surface area contributed by atoms with Gasteiger partial charge >= 0.3 is 190 Å². The molecule has 0 bridgehead atoms. The predicted molar refractivity (Wildman–Crippen MR) is 113 cm³/mol. The Labute approximate surface area is 190 Å². The molecule has 4 aromatic rings. The number of benzene rings is 1. The second-order valence-corrected chi connectivity index (χ2v) is 11.7. The van der Waals surface area contributed by atoms with E-state index in [1.165, 1.54) is 0 Å². The van der Waals surface area contributed by atoms with Gasteiger partial charge < -0.3 is 0 Å². The molecule has 3 N–H and O–H groups in total. The number of nitrogens with two attached hydrogens (primary N) is 1. The van der Waals surface area contributed by atoms with Crippen LogP contribution in [0.4, 0.5) is 5.95 Å². The molecule has 0 atom stereocenters. The van der Waals surface area contributed by atoms with E-state index in [1.807, 2.05) is 30.3 Å². The summed E-state index contributed by atoms with van der Waals surface area (Å²) in [5.41, 5.74) is 8.67. The zero-order chi connectivity index (χ0) is 21.8. The Morgan fingerprint density at radius 1 is 1.19 bits per heavy atom. The van der Waals surface area contributed by atoms with Crippen LogP contribution in [0.3, 0.4) is 0 Å². The van der Waals surface area contributed by atoms with Gasteiger partial charge in [0.1, 0.15) is 0 Å². The molecule has 1 saturated carbocycles. The number of nitrogen functional groups attached to an aromatic ring is 1. The molecule has 0 radical (unpaired) electrons. The first kappa shape index (κ1) is 20.4. The van der Waals surface area contributed by atoms with Crippen LogP contribution >= 0.6 is 0 Å². The van der Waals surface area contributed by atoms with Crippen molar-refractivity contribution in [2.75, 3.05) is 12.8 Å². The summed E-state index contributed by atoms with van der Waals surface area (Å²) in [4.78, 5) is 13.9. The first-order chi connectivity index (χ1) is 14.8. The average molecular weight is 531 g/mol. The maximum atomic E-state index is 10.1. The fourth-order valence-corrected chi connectivity index (χ4v) is 7.07. The molecule has 0 spiro atoms. The molecule has 0 amide bonds. The van der Waals surface area contributed by atoms with Crippen LogP contribution in [0.15, 0.2) is 36.5 Å². The van der Waals surface area contributed by atoms with Gasteiger partial charge in [-0.25, -0.2) is 0 Å². The minimum absolute atomic E-state index is 0.317. The van der Waals surface area contributed by atoms with Gasteiger partial charge in [-0.1, -0.05) is 0 Å². The Morgan fingerprint density at radius 3 is 2.68 bits per heavy atom. The summed E-state index contributed by atoms with van der Waals surface area (Å²) < 4.78 is 8.57. The van der Waals surface area contributed by atoms with Crippen molar-refractivity contribution in [2.45, 2.75) is 42.1 Å². The molecule has 3 heterocycles. The van der Waals surface area contributed by atoms with Gasteiger partial charge in [0.15, 0.2) is 0 Å². The molecular formula is C22H24IN6O2-. The number of hydrogen-bond acceptors (Lipinski definition) is 7. The first-order valence-electron chi connectivity index (χ1n) is 10.1. The van der Waals surface area contributed by atoms with Crippen molar-refractivity contribution in [1.82, 2.24) is 24.6 Å². The third-order valence-corrected chi connectivity index (χ3v) is 8.64. The van der Waals surface area contributed by atoms with Crippen molar-refractivity contribution < 1.29 is 31.0 Å². The van der Waals surface area contributed by atoms with Crippen molar-refractivity contribution in [3.05, 3.63) is 51.6 Å². The van der Waals surface area contributed by atoms with E-state index >= 15 is 0 Å². The van der Waals surface area contributed by atoms with Crippen molar-refractivity contribution in [2.24, 2.45) is 0 Å². The molecule has 1 fully saturated rings. The molecule has 31 heavy (non-hydrogen) atoms. The first-order valence-corrected chi connectivity index (χ1v) is 12.5. The Morgan fingerprint density at radius 2 is 2.00 bits per heavy atom. The van der Waals surface area contributed by atoms with Gasteiger partial charge in [-0.2, -0.15) is 0 Å². The van der Waals surface area contributed by atoms with Crippen LogP contribution in [0.1, 0.15) is 43.9 Å². The topological polar surface area (TPSA) is 111 Å². The van der Waals surface area contributed by atoms with Gasteiger partial charge in [0.25, 0.3) is 0 Å². The molecule has 9 heteroatoms. The number of methoxy groups -OCH3 is 1. The number of rotatable bonds is 5. The van der Waals surface area contributed by atoms with Gasteiger partial charge in [-0.05, 0) is 0 Å². The van der Waals surface area contributed by atoms with Crippen molar-refractivity contribution >= 4 is 22.5 Å². The van der Waals surface area contributed by atoms with E-state index in [1.54, 1.807) is 31.7 Å². The second kappa shape index (κ2) is 7.56. The SMILES string of the molecule is COc1cccc2c1nc(N)n1nc([I-]C3CC(c4ccc(C(C)(C)O)cn4)C3)nc21. The van der Waals surface area contributed by atoms with Crippen LogP contribution in [0, 0.1) is 3.83 Å². The number of ether oxygens (including phenoxy) is 1. The molecule has 3 aromatic heterocycles. The summed E-state index contributed by atoms with van der Waals surface area (Å²) in [6, 6.07) is 9.78. The Kier molecular flexibility index (Phi) is 4.97. The van der Waals surface area contributed by atoms with Gasteiger partial charge in [-0.15, -0.1) is 0 Å².